The van der Waals surface area contributed by atoms with Crippen LogP contribution in [0.4, 0.5) is 11.4 Å². The second-order valence-corrected chi connectivity index (χ2v) is 4.22. The Morgan fingerprint density at radius 1 is 1.47 bits per heavy atom. The molecule has 5 nitrogen and oxygen atoms in total. The first kappa shape index (κ1) is 13.1. The van der Waals surface area contributed by atoms with Crippen LogP contribution >= 0.6 is 0 Å². The number of nitrogens with one attached hydrogen (secondary N) is 1. The Hall–Kier alpha value is -2.30. The number of carbonyl (C=O) groups excluding carboxylic acids is 1. The van der Waals surface area contributed by atoms with Crippen LogP contribution in [0, 0.1) is 0 Å². The van der Waals surface area contributed by atoms with E-state index in [9.17, 15) is 4.79 Å². The third-order valence-corrected chi connectivity index (χ3v) is 2.81. The van der Waals surface area contributed by atoms with Gasteiger partial charge in [-0.2, -0.15) is 0 Å². The largest absolute Gasteiger partial charge is 0.464 e. The SMILES string of the molecule is CCOC(=O)C(C)Nc1ccc(N)c2ncccc12. The van der Waals surface area contributed by atoms with Gasteiger partial charge in [-0.25, -0.2) is 4.79 Å². The number of nitrogen functional groups attached to an aromatic ring is 1. The minimum absolute atomic E-state index is 0.281. The van der Waals surface area contributed by atoms with E-state index >= 15 is 0 Å². The zero-order chi connectivity index (χ0) is 13.8. The third-order valence-electron chi connectivity index (χ3n) is 2.81. The van der Waals surface area contributed by atoms with Crippen molar-refractivity contribution in [2.24, 2.45) is 0 Å². The van der Waals surface area contributed by atoms with Crippen molar-refractivity contribution in [3.8, 4) is 0 Å². The number of ether oxygens (including phenoxy) is 1. The maximum Gasteiger partial charge on any atom is 0.328 e. The van der Waals surface area contributed by atoms with Crippen LogP contribution in [-0.2, 0) is 9.53 Å². The summed E-state index contributed by atoms with van der Waals surface area (Å²) < 4.78 is 4.97. The first-order valence-electron chi connectivity index (χ1n) is 6.20. The molecule has 0 aliphatic carbocycles. The summed E-state index contributed by atoms with van der Waals surface area (Å²) in [5.74, 6) is -0.281. The van der Waals surface area contributed by atoms with Crippen LogP contribution in [0.5, 0.6) is 0 Å². The summed E-state index contributed by atoms with van der Waals surface area (Å²) in [6.07, 6.45) is 1.69. The van der Waals surface area contributed by atoms with Gasteiger partial charge < -0.3 is 15.8 Å². The molecule has 1 heterocycles. The molecule has 1 atom stereocenters. The minimum atomic E-state index is -0.424. The van der Waals surface area contributed by atoms with Gasteiger partial charge in [0.25, 0.3) is 0 Å². The Bertz CT molecular complexity index is 598. The number of carbonyl (C=O) groups is 1. The lowest BCUT2D eigenvalue weighted by molar-refractivity contribution is -0.143. The molecular weight excluding hydrogens is 242 g/mol. The Morgan fingerprint density at radius 3 is 3.00 bits per heavy atom. The van der Waals surface area contributed by atoms with Crippen LogP contribution in [0.2, 0.25) is 0 Å². The zero-order valence-electron chi connectivity index (χ0n) is 11.0. The molecule has 0 bridgehead atoms. The summed E-state index contributed by atoms with van der Waals surface area (Å²) >= 11 is 0. The molecule has 2 rings (SSSR count). The monoisotopic (exact) mass is 259 g/mol. The van der Waals surface area contributed by atoms with Gasteiger partial charge in [0.1, 0.15) is 6.04 Å². The molecular formula is C14H17N3O2. The lowest BCUT2D eigenvalue weighted by atomic mass is 10.1. The maximum atomic E-state index is 11.6. The van der Waals surface area contributed by atoms with Gasteiger partial charge >= 0.3 is 5.97 Å². The van der Waals surface area contributed by atoms with E-state index in [1.54, 1.807) is 26.1 Å². The lowest BCUT2D eigenvalue weighted by Gasteiger charge is -2.16. The normalized spacial score (nSPS) is 12.1. The fourth-order valence-corrected chi connectivity index (χ4v) is 1.88. The second kappa shape index (κ2) is 5.56. The van der Waals surface area contributed by atoms with Crippen molar-refractivity contribution in [1.29, 1.82) is 0 Å². The number of pyridine rings is 1. The van der Waals surface area contributed by atoms with Crippen LogP contribution in [0.25, 0.3) is 10.9 Å². The number of anilines is 2. The standard InChI is InChI=1S/C14H17N3O2/c1-3-19-14(18)9(2)17-12-7-6-11(15)13-10(12)5-4-8-16-13/h4-9,17H,3,15H2,1-2H3. The van der Waals surface area contributed by atoms with E-state index in [1.165, 1.54) is 0 Å². The fourth-order valence-electron chi connectivity index (χ4n) is 1.88. The first-order chi connectivity index (χ1) is 9.13. The molecule has 0 amide bonds. The number of nitrogens with zero attached hydrogens (tertiary/aromatic N) is 1. The van der Waals surface area contributed by atoms with Gasteiger partial charge in [0, 0.05) is 17.3 Å². The molecule has 19 heavy (non-hydrogen) atoms. The van der Waals surface area contributed by atoms with Crippen LogP contribution in [0.15, 0.2) is 30.5 Å². The molecule has 0 saturated heterocycles. The predicted octanol–water partition coefficient (Wildman–Crippen LogP) is 2.18. The zero-order valence-corrected chi connectivity index (χ0v) is 11.0. The number of benzene rings is 1. The Morgan fingerprint density at radius 2 is 2.26 bits per heavy atom. The van der Waals surface area contributed by atoms with E-state index in [0.717, 1.165) is 16.6 Å². The molecule has 0 spiro atoms. The van der Waals surface area contributed by atoms with Crippen LogP contribution in [0.1, 0.15) is 13.8 Å². The number of nitrogens with two attached hydrogens (primary N) is 1. The van der Waals surface area contributed by atoms with Gasteiger partial charge in [0.2, 0.25) is 0 Å². The van der Waals surface area contributed by atoms with Crippen molar-refractivity contribution >= 4 is 28.2 Å². The third kappa shape index (κ3) is 2.76. The topological polar surface area (TPSA) is 77.2 Å². The minimum Gasteiger partial charge on any atom is -0.464 e. The summed E-state index contributed by atoms with van der Waals surface area (Å²) in [6, 6.07) is 6.94. The molecule has 0 aliphatic rings. The average Bonchev–Trinajstić information content (AvgIpc) is 2.42. The predicted molar refractivity (Wildman–Crippen MR) is 75.9 cm³/mol. The van der Waals surface area contributed by atoms with Crippen LogP contribution in [-0.4, -0.2) is 23.6 Å². The van der Waals surface area contributed by atoms with Crippen molar-refractivity contribution in [3.63, 3.8) is 0 Å². The second-order valence-electron chi connectivity index (χ2n) is 4.22. The molecule has 0 radical (unpaired) electrons. The van der Waals surface area contributed by atoms with Crippen molar-refractivity contribution in [2.75, 3.05) is 17.7 Å². The summed E-state index contributed by atoms with van der Waals surface area (Å²) in [5, 5.41) is 4.01. The Labute approximate surface area is 111 Å². The molecule has 5 heteroatoms. The summed E-state index contributed by atoms with van der Waals surface area (Å²) in [7, 11) is 0. The molecule has 2 aromatic rings. The molecule has 1 aromatic heterocycles. The lowest BCUT2D eigenvalue weighted by Crippen LogP contribution is -2.28. The summed E-state index contributed by atoms with van der Waals surface area (Å²) in [5.41, 5.74) is 8.04. The van der Waals surface area contributed by atoms with Gasteiger partial charge in [0.15, 0.2) is 0 Å². The van der Waals surface area contributed by atoms with Gasteiger partial charge in [-0.05, 0) is 38.1 Å². The van der Waals surface area contributed by atoms with E-state index in [0.29, 0.717) is 12.3 Å². The summed E-state index contributed by atoms with van der Waals surface area (Å²) in [6.45, 7) is 3.92. The summed E-state index contributed by atoms with van der Waals surface area (Å²) in [4.78, 5) is 15.9. The highest BCUT2D eigenvalue weighted by Gasteiger charge is 2.15. The fraction of sp³-hybridized carbons (Fsp3) is 0.286. The smallest absolute Gasteiger partial charge is 0.328 e. The Balaban J connectivity index is 2.31. The van der Waals surface area contributed by atoms with Crippen LogP contribution in [0.3, 0.4) is 0 Å². The van der Waals surface area contributed by atoms with E-state index < -0.39 is 6.04 Å². The average molecular weight is 259 g/mol. The first-order valence-corrected chi connectivity index (χ1v) is 6.20. The van der Waals surface area contributed by atoms with E-state index in [1.807, 2.05) is 18.2 Å². The van der Waals surface area contributed by atoms with Gasteiger partial charge in [0.05, 0.1) is 17.8 Å². The number of hydrogen-bond acceptors (Lipinski definition) is 5. The quantitative estimate of drug-likeness (QED) is 0.650. The Kier molecular flexibility index (Phi) is 3.85. The van der Waals surface area contributed by atoms with E-state index in [2.05, 4.69) is 10.3 Å². The molecule has 0 fully saturated rings. The molecule has 100 valence electrons. The van der Waals surface area contributed by atoms with Crippen molar-refractivity contribution in [2.45, 2.75) is 19.9 Å². The highest BCUT2D eigenvalue weighted by Crippen LogP contribution is 2.26. The molecule has 0 saturated carbocycles. The van der Waals surface area contributed by atoms with Crippen LogP contribution < -0.4 is 11.1 Å². The number of hydrogen-bond donors (Lipinski definition) is 2. The maximum absolute atomic E-state index is 11.6. The molecule has 0 aliphatic heterocycles. The van der Waals surface area contributed by atoms with Gasteiger partial charge in [-0.3, -0.25) is 4.98 Å². The molecule has 3 N–H and O–H groups in total. The van der Waals surface area contributed by atoms with Crippen molar-refractivity contribution in [3.05, 3.63) is 30.5 Å². The number of esters is 1. The van der Waals surface area contributed by atoms with Crippen molar-refractivity contribution < 1.29 is 9.53 Å². The van der Waals surface area contributed by atoms with Crippen molar-refractivity contribution in [1.82, 2.24) is 4.98 Å². The number of fused-ring (bicyclic) bond motifs is 1. The van der Waals surface area contributed by atoms with Gasteiger partial charge in [-0.15, -0.1) is 0 Å². The molecule has 1 unspecified atom stereocenters. The molecule has 1 aromatic carbocycles. The number of rotatable bonds is 4. The highest BCUT2D eigenvalue weighted by atomic mass is 16.5. The van der Waals surface area contributed by atoms with E-state index in [4.69, 9.17) is 10.5 Å². The number of aromatic nitrogens is 1. The highest BCUT2D eigenvalue weighted by molar-refractivity contribution is 5.99. The van der Waals surface area contributed by atoms with Gasteiger partial charge in [-0.1, -0.05) is 0 Å². The van der Waals surface area contributed by atoms with E-state index in [-0.39, 0.29) is 5.97 Å².